The van der Waals surface area contributed by atoms with Crippen molar-refractivity contribution in [2.24, 2.45) is 0 Å². The van der Waals surface area contributed by atoms with E-state index in [1.54, 1.807) is 6.26 Å². The van der Waals surface area contributed by atoms with Crippen LogP contribution in [0.25, 0.3) is 11.5 Å². The minimum Gasteiger partial charge on any atom is -0.444 e. The van der Waals surface area contributed by atoms with Crippen molar-refractivity contribution in [3.63, 3.8) is 0 Å². The summed E-state index contributed by atoms with van der Waals surface area (Å²) in [7, 11) is 0. The molecule has 0 unspecified atom stereocenters. The van der Waals surface area contributed by atoms with E-state index < -0.39 is 0 Å². The maximum atomic E-state index is 12.9. The summed E-state index contributed by atoms with van der Waals surface area (Å²) in [6.45, 7) is 2.89. The zero-order valence-electron chi connectivity index (χ0n) is 14.9. The van der Waals surface area contributed by atoms with E-state index in [0.717, 1.165) is 24.9 Å². The highest BCUT2D eigenvalue weighted by Crippen LogP contribution is 2.32. The Hall–Kier alpha value is -2.88. The lowest BCUT2D eigenvalue weighted by Crippen LogP contribution is -2.31. The lowest BCUT2D eigenvalue weighted by Gasteiger charge is -2.25. The fourth-order valence-electron chi connectivity index (χ4n) is 3.65. The second kappa shape index (κ2) is 7.16. The number of carbonyl (C=O) groups is 1. The summed E-state index contributed by atoms with van der Waals surface area (Å²) in [5, 5.41) is 0. The smallest absolute Gasteiger partial charge is 0.229 e. The summed E-state index contributed by atoms with van der Waals surface area (Å²) < 4.78 is 5.56. The van der Waals surface area contributed by atoms with Crippen LogP contribution < -0.4 is 0 Å². The van der Waals surface area contributed by atoms with Gasteiger partial charge in [0, 0.05) is 12.1 Å². The molecular formula is C22H22N2O2. The molecule has 1 amide bonds. The molecule has 26 heavy (non-hydrogen) atoms. The Morgan fingerprint density at radius 3 is 2.85 bits per heavy atom. The summed E-state index contributed by atoms with van der Waals surface area (Å²) in [6, 6.07) is 18.4. The van der Waals surface area contributed by atoms with E-state index in [2.05, 4.69) is 36.2 Å². The van der Waals surface area contributed by atoms with Gasteiger partial charge < -0.3 is 9.32 Å². The number of likely N-dealkylation sites (tertiary alicyclic amines) is 1. The molecule has 3 aromatic rings. The van der Waals surface area contributed by atoms with Crippen LogP contribution in [0.5, 0.6) is 0 Å². The first kappa shape index (κ1) is 16.6. The summed E-state index contributed by atoms with van der Waals surface area (Å²) >= 11 is 0. The van der Waals surface area contributed by atoms with Gasteiger partial charge in [-0.2, -0.15) is 0 Å². The van der Waals surface area contributed by atoms with Gasteiger partial charge in [-0.3, -0.25) is 4.79 Å². The highest BCUT2D eigenvalue weighted by Gasteiger charge is 2.30. The number of amides is 1. The van der Waals surface area contributed by atoms with Gasteiger partial charge in [0.25, 0.3) is 0 Å². The van der Waals surface area contributed by atoms with E-state index in [4.69, 9.17) is 4.42 Å². The fourth-order valence-corrected chi connectivity index (χ4v) is 3.65. The first-order chi connectivity index (χ1) is 12.7. The van der Waals surface area contributed by atoms with Crippen molar-refractivity contribution in [2.45, 2.75) is 32.2 Å². The van der Waals surface area contributed by atoms with Crippen molar-refractivity contribution < 1.29 is 9.21 Å². The van der Waals surface area contributed by atoms with Gasteiger partial charge in [0.1, 0.15) is 6.26 Å². The number of aryl methyl sites for hydroxylation is 1. The lowest BCUT2D eigenvalue weighted by molar-refractivity contribution is -0.131. The zero-order chi connectivity index (χ0) is 17.9. The Morgan fingerprint density at radius 2 is 2.04 bits per heavy atom. The van der Waals surface area contributed by atoms with E-state index in [1.807, 2.05) is 35.2 Å². The van der Waals surface area contributed by atoms with Gasteiger partial charge >= 0.3 is 0 Å². The number of nitrogens with zero attached hydrogens (tertiary/aromatic N) is 2. The van der Waals surface area contributed by atoms with Crippen LogP contribution >= 0.6 is 0 Å². The number of carbonyl (C=O) groups excluding carboxylic acids is 1. The van der Waals surface area contributed by atoms with E-state index in [0.29, 0.717) is 11.6 Å². The zero-order valence-corrected chi connectivity index (χ0v) is 14.9. The Kier molecular flexibility index (Phi) is 4.57. The third kappa shape index (κ3) is 3.40. The fraction of sp³-hybridized carbons (Fsp3) is 0.273. The Bertz CT molecular complexity index is 901. The van der Waals surface area contributed by atoms with Crippen molar-refractivity contribution in [2.75, 3.05) is 6.54 Å². The SMILES string of the molecule is Cc1cccc([C@H]2CCCN2C(=O)Cc2coc(-c3ccccc3)n2)c1. The van der Waals surface area contributed by atoms with Crippen molar-refractivity contribution in [1.29, 1.82) is 0 Å². The molecule has 4 rings (SSSR count). The van der Waals surface area contributed by atoms with Gasteiger partial charge in [-0.15, -0.1) is 0 Å². The van der Waals surface area contributed by atoms with E-state index in [1.165, 1.54) is 11.1 Å². The van der Waals surface area contributed by atoms with E-state index in [9.17, 15) is 4.79 Å². The van der Waals surface area contributed by atoms with Crippen LogP contribution in [-0.2, 0) is 11.2 Å². The Morgan fingerprint density at radius 1 is 1.19 bits per heavy atom. The highest BCUT2D eigenvalue weighted by molar-refractivity contribution is 5.79. The minimum atomic E-state index is 0.113. The van der Waals surface area contributed by atoms with Crippen molar-refractivity contribution in [1.82, 2.24) is 9.88 Å². The molecule has 0 N–H and O–H groups in total. The largest absolute Gasteiger partial charge is 0.444 e. The Labute approximate surface area is 153 Å². The van der Waals surface area contributed by atoms with Crippen LogP contribution in [0.15, 0.2) is 65.3 Å². The molecule has 1 atom stereocenters. The minimum absolute atomic E-state index is 0.113. The monoisotopic (exact) mass is 346 g/mol. The molecule has 0 bridgehead atoms. The molecule has 4 nitrogen and oxygen atoms in total. The number of rotatable bonds is 4. The number of hydrogen-bond donors (Lipinski definition) is 0. The molecule has 2 aromatic carbocycles. The first-order valence-corrected chi connectivity index (χ1v) is 9.06. The summed E-state index contributed by atoms with van der Waals surface area (Å²) in [6.07, 6.45) is 3.93. The molecule has 1 aliphatic rings. The molecule has 0 spiro atoms. The maximum absolute atomic E-state index is 12.9. The van der Waals surface area contributed by atoms with Crippen LogP contribution in [0.1, 0.15) is 35.7 Å². The third-order valence-corrected chi connectivity index (χ3v) is 4.90. The van der Waals surface area contributed by atoms with Crippen LogP contribution in [-0.4, -0.2) is 22.3 Å². The molecule has 1 aromatic heterocycles. The average Bonchev–Trinajstić information content (AvgIpc) is 3.32. The van der Waals surface area contributed by atoms with Crippen LogP contribution in [0, 0.1) is 6.92 Å². The standard InChI is InChI=1S/C22H22N2O2/c1-16-7-5-10-18(13-16)20-11-6-12-24(20)21(25)14-19-15-26-22(23-19)17-8-3-2-4-9-17/h2-5,7-10,13,15,20H,6,11-12,14H2,1H3/t20-/m1/s1. The van der Waals surface area contributed by atoms with Crippen molar-refractivity contribution in [3.8, 4) is 11.5 Å². The lowest BCUT2D eigenvalue weighted by atomic mass is 10.0. The Balaban J connectivity index is 1.48. The van der Waals surface area contributed by atoms with Crippen LogP contribution in [0.2, 0.25) is 0 Å². The van der Waals surface area contributed by atoms with Crippen LogP contribution in [0.3, 0.4) is 0 Å². The summed E-state index contributed by atoms with van der Waals surface area (Å²) in [4.78, 5) is 19.4. The topological polar surface area (TPSA) is 46.3 Å². The van der Waals surface area contributed by atoms with Crippen LogP contribution in [0.4, 0.5) is 0 Å². The quantitative estimate of drug-likeness (QED) is 0.696. The number of oxazole rings is 1. The molecular weight excluding hydrogens is 324 g/mol. The van der Waals surface area contributed by atoms with Gasteiger partial charge in [0.2, 0.25) is 11.8 Å². The normalized spacial score (nSPS) is 16.8. The molecule has 1 saturated heterocycles. The molecule has 0 aliphatic carbocycles. The second-order valence-electron chi connectivity index (χ2n) is 6.85. The molecule has 4 heteroatoms. The first-order valence-electron chi connectivity index (χ1n) is 9.06. The van der Waals surface area contributed by atoms with Gasteiger partial charge in [-0.05, 0) is 37.5 Å². The molecule has 0 radical (unpaired) electrons. The molecule has 132 valence electrons. The van der Waals surface area contributed by atoms with Gasteiger partial charge in [0.15, 0.2) is 0 Å². The van der Waals surface area contributed by atoms with Gasteiger partial charge in [-0.25, -0.2) is 4.98 Å². The average molecular weight is 346 g/mol. The summed E-state index contributed by atoms with van der Waals surface area (Å²) in [5.74, 6) is 0.673. The molecule has 1 aliphatic heterocycles. The van der Waals surface area contributed by atoms with Gasteiger partial charge in [-0.1, -0.05) is 48.0 Å². The third-order valence-electron chi connectivity index (χ3n) is 4.90. The number of benzene rings is 2. The predicted molar refractivity (Wildman–Crippen MR) is 101 cm³/mol. The molecule has 2 heterocycles. The number of hydrogen-bond acceptors (Lipinski definition) is 3. The van der Waals surface area contributed by atoms with E-state index >= 15 is 0 Å². The molecule has 0 saturated carbocycles. The highest BCUT2D eigenvalue weighted by atomic mass is 16.3. The van der Waals surface area contributed by atoms with Gasteiger partial charge in [0.05, 0.1) is 18.2 Å². The van der Waals surface area contributed by atoms with Crippen molar-refractivity contribution in [3.05, 3.63) is 77.7 Å². The van der Waals surface area contributed by atoms with Crippen molar-refractivity contribution >= 4 is 5.91 Å². The maximum Gasteiger partial charge on any atom is 0.229 e. The second-order valence-corrected chi connectivity index (χ2v) is 6.85. The summed E-state index contributed by atoms with van der Waals surface area (Å²) in [5.41, 5.74) is 4.06. The predicted octanol–water partition coefficient (Wildman–Crippen LogP) is 4.56. The number of aromatic nitrogens is 1. The molecule has 1 fully saturated rings. The van der Waals surface area contributed by atoms with E-state index in [-0.39, 0.29) is 18.4 Å².